The zero-order valence-electron chi connectivity index (χ0n) is 20.6. The summed E-state index contributed by atoms with van der Waals surface area (Å²) >= 11 is 0. The number of hydrogen-bond donors (Lipinski definition) is 1. The summed E-state index contributed by atoms with van der Waals surface area (Å²) in [5.74, 6) is 0. The molecule has 0 fully saturated rings. The number of nitrogens with one attached hydrogen (secondary N) is 1. The van der Waals surface area contributed by atoms with Crippen LogP contribution in [0.5, 0.6) is 0 Å². The van der Waals surface area contributed by atoms with Gasteiger partial charge in [-0.1, -0.05) is 43.3 Å². The second-order valence-corrected chi connectivity index (χ2v) is 8.88. The molecule has 0 aromatic heterocycles. The van der Waals surface area contributed by atoms with Gasteiger partial charge < -0.3 is 15.1 Å². The maximum Gasteiger partial charge on any atom is 0.0727 e. The van der Waals surface area contributed by atoms with E-state index in [0.717, 1.165) is 43.9 Å². The number of anilines is 1. The zero-order valence-corrected chi connectivity index (χ0v) is 20.6. The number of hydrogen-bond acceptors (Lipinski definition) is 4. The molecule has 1 aliphatic heterocycles. The number of aryl methyl sites for hydroxylation is 1. The van der Waals surface area contributed by atoms with Crippen molar-refractivity contribution >= 4 is 12.4 Å². The van der Waals surface area contributed by atoms with E-state index in [0.29, 0.717) is 0 Å². The molecule has 32 heavy (non-hydrogen) atoms. The Labute approximate surface area is 194 Å². The Kier molecular flexibility index (Phi) is 7.92. The van der Waals surface area contributed by atoms with Crippen molar-refractivity contribution in [3.8, 4) is 11.1 Å². The van der Waals surface area contributed by atoms with Gasteiger partial charge in [0.15, 0.2) is 0 Å². The van der Waals surface area contributed by atoms with Crippen LogP contribution in [0.25, 0.3) is 11.1 Å². The van der Waals surface area contributed by atoms with E-state index < -0.39 is 0 Å². The lowest BCUT2D eigenvalue weighted by atomic mass is 9.93. The summed E-state index contributed by atoms with van der Waals surface area (Å²) < 4.78 is 0. The van der Waals surface area contributed by atoms with Crippen molar-refractivity contribution < 1.29 is 0 Å². The van der Waals surface area contributed by atoms with E-state index in [1.165, 1.54) is 39.2 Å². The van der Waals surface area contributed by atoms with E-state index in [1.54, 1.807) is 0 Å². The van der Waals surface area contributed by atoms with Crippen LogP contribution >= 0.6 is 0 Å². The maximum absolute atomic E-state index is 4.32. The van der Waals surface area contributed by atoms with Gasteiger partial charge in [-0.05, 0) is 74.8 Å². The van der Waals surface area contributed by atoms with Crippen molar-refractivity contribution in [1.82, 2.24) is 9.80 Å². The van der Waals surface area contributed by atoms with E-state index >= 15 is 0 Å². The molecule has 2 aromatic carbocycles. The van der Waals surface area contributed by atoms with Crippen LogP contribution in [0.15, 0.2) is 64.6 Å². The average Bonchev–Trinajstić information content (AvgIpc) is 2.77. The molecule has 1 heterocycles. The highest BCUT2D eigenvalue weighted by Crippen LogP contribution is 2.32. The molecule has 0 bridgehead atoms. The van der Waals surface area contributed by atoms with E-state index in [4.69, 9.17) is 0 Å². The highest BCUT2D eigenvalue weighted by Gasteiger charge is 2.19. The first kappa shape index (κ1) is 23.8. The normalized spacial score (nSPS) is 15.1. The van der Waals surface area contributed by atoms with Crippen LogP contribution in [0.4, 0.5) is 5.69 Å². The summed E-state index contributed by atoms with van der Waals surface area (Å²) in [5, 5.41) is 3.74. The van der Waals surface area contributed by atoms with Crippen LogP contribution in [0.1, 0.15) is 36.5 Å². The molecule has 2 aromatic rings. The highest BCUT2D eigenvalue weighted by atomic mass is 15.2. The topological polar surface area (TPSA) is 30.9 Å². The number of allylic oxidation sites excluding steroid dienone is 1. The van der Waals surface area contributed by atoms with Crippen molar-refractivity contribution in [1.29, 1.82) is 0 Å². The van der Waals surface area contributed by atoms with Crippen LogP contribution in [-0.2, 0) is 0 Å². The molecule has 0 amide bonds. The Hall–Kier alpha value is -2.85. The fourth-order valence-electron chi connectivity index (χ4n) is 4.45. The predicted molar refractivity (Wildman–Crippen MR) is 139 cm³/mol. The summed E-state index contributed by atoms with van der Waals surface area (Å²) in [6.45, 7) is 15.3. The third kappa shape index (κ3) is 5.31. The van der Waals surface area contributed by atoms with E-state index in [2.05, 4.69) is 111 Å². The number of aliphatic imine (C=N–C) groups is 1. The summed E-state index contributed by atoms with van der Waals surface area (Å²) in [4.78, 5) is 8.94. The van der Waals surface area contributed by atoms with Gasteiger partial charge in [-0.2, -0.15) is 0 Å². The first-order valence-electron chi connectivity index (χ1n) is 11.6. The maximum atomic E-state index is 4.32. The molecule has 1 aliphatic rings. The van der Waals surface area contributed by atoms with Gasteiger partial charge in [0, 0.05) is 43.6 Å². The first-order valence-corrected chi connectivity index (χ1v) is 11.6. The molecular weight excluding hydrogens is 392 g/mol. The van der Waals surface area contributed by atoms with Gasteiger partial charge in [0.25, 0.3) is 0 Å². The number of benzene rings is 2. The lowest BCUT2D eigenvalue weighted by Crippen LogP contribution is -2.34. The summed E-state index contributed by atoms with van der Waals surface area (Å²) in [7, 11) is 4.30. The monoisotopic (exact) mass is 430 g/mol. The molecule has 0 spiro atoms. The largest absolute Gasteiger partial charge is 0.371 e. The van der Waals surface area contributed by atoms with E-state index in [-0.39, 0.29) is 0 Å². The van der Waals surface area contributed by atoms with Crippen LogP contribution in [-0.4, -0.2) is 50.2 Å². The second-order valence-electron chi connectivity index (χ2n) is 8.88. The molecule has 0 unspecified atom stereocenters. The van der Waals surface area contributed by atoms with Gasteiger partial charge in [0.1, 0.15) is 0 Å². The molecule has 0 aliphatic carbocycles. The Bertz CT molecular complexity index is 1030. The standard InChI is InChI=1S/C28H38N4/c1-8-11-23(18-32(7)28-16-17-31(6)19-27(28)29-5)30-26-15-10-14-25(22(26)4)24-13-9-12-20(2)21(24)3/h9-15,30H,5,8,16-19H2,1-4,6-7H3. The first-order chi connectivity index (χ1) is 15.3. The van der Waals surface area contributed by atoms with Crippen LogP contribution in [0.2, 0.25) is 0 Å². The fraction of sp³-hybridized carbons (Fsp3) is 0.393. The van der Waals surface area contributed by atoms with Crippen molar-refractivity contribution in [2.45, 2.75) is 40.5 Å². The fourth-order valence-corrected chi connectivity index (χ4v) is 4.45. The van der Waals surface area contributed by atoms with Crippen molar-refractivity contribution in [2.75, 3.05) is 39.0 Å². The molecule has 0 atom stereocenters. The van der Waals surface area contributed by atoms with Crippen LogP contribution < -0.4 is 5.32 Å². The van der Waals surface area contributed by atoms with Crippen molar-refractivity contribution in [3.05, 3.63) is 76.3 Å². The summed E-state index contributed by atoms with van der Waals surface area (Å²) in [6.07, 6.45) is 4.28. The second kappa shape index (κ2) is 10.6. The quantitative estimate of drug-likeness (QED) is 0.509. The van der Waals surface area contributed by atoms with E-state index in [1.807, 2.05) is 0 Å². The van der Waals surface area contributed by atoms with Crippen LogP contribution in [0.3, 0.4) is 0 Å². The predicted octanol–water partition coefficient (Wildman–Crippen LogP) is 6.16. The number of rotatable bonds is 8. The van der Waals surface area contributed by atoms with Gasteiger partial charge in [-0.3, -0.25) is 4.99 Å². The molecule has 3 rings (SSSR count). The Morgan fingerprint density at radius 2 is 1.81 bits per heavy atom. The third-order valence-electron chi connectivity index (χ3n) is 6.52. The average molecular weight is 431 g/mol. The number of nitrogens with zero attached hydrogens (tertiary/aromatic N) is 3. The van der Waals surface area contributed by atoms with Gasteiger partial charge >= 0.3 is 0 Å². The van der Waals surface area contributed by atoms with Crippen molar-refractivity contribution in [2.24, 2.45) is 4.99 Å². The van der Waals surface area contributed by atoms with Crippen LogP contribution in [0, 0.1) is 20.8 Å². The third-order valence-corrected chi connectivity index (χ3v) is 6.52. The smallest absolute Gasteiger partial charge is 0.0727 e. The lowest BCUT2D eigenvalue weighted by molar-refractivity contribution is 0.306. The lowest BCUT2D eigenvalue weighted by Gasteiger charge is -2.32. The molecule has 0 saturated carbocycles. The molecule has 4 nitrogen and oxygen atoms in total. The SMILES string of the molecule is C=NC1=C(N(C)CC(=CCC)Nc2cccc(-c3cccc(C)c3C)c2C)CCN(C)C1. The van der Waals surface area contributed by atoms with Gasteiger partial charge in [-0.15, -0.1) is 0 Å². The van der Waals surface area contributed by atoms with Crippen molar-refractivity contribution in [3.63, 3.8) is 0 Å². The minimum absolute atomic E-state index is 0.819. The summed E-state index contributed by atoms with van der Waals surface area (Å²) in [6, 6.07) is 13.1. The van der Waals surface area contributed by atoms with Gasteiger partial charge in [-0.25, -0.2) is 0 Å². The van der Waals surface area contributed by atoms with Gasteiger partial charge in [0.05, 0.1) is 12.2 Å². The number of likely N-dealkylation sites (N-methyl/N-ethyl adjacent to an activating group) is 2. The molecule has 0 saturated heterocycles. The summed E-state index contributed by atoms with van der Waals surface area (Å²) in [5.41, 5.74) is 11.3. The minimum atomic E-state index is 0.819. The minimum Gasteiger partial charge on any atom is -0.371 e. The highest BCUT2D eigenvalue weighted by molar-refractivity contribution is 5.77. The molecule has 4 heteroatoms. The zero-order chi connectivity index (χ0) is 23.3. The Morgan fingerprint density at radius 3 is 2.50 bits per heavy atom. The molecule has 1 N–H and O–H groups in total. The Morgan fingerprint density at radius 1 is 1.12 bits per heavy atom. The van der Waals surface area contributed by atoms with Gasteiger partial charge in [0.2, 0.25) is 0 Å². The Balaban J connectivity index is 1.86. The van der Waals surface area contributed by atoms with E-state index in [9.17, 15) is 0 Å². The molecule has 0 radical (unpaired) electrons. The molecule has 170 valence electrons. The molecular formula is C28H38N4.